The lowest BCUT2D eigenvalue weighted by molar-refractivity contribution is -0.141. The van der Waals surface area contributed by atoms with E-state index in [2.05, 4.69) is 5.32 Å². The molecule has 0 aliphatic carbocycles. The van der Waals surface area contributed by atoms with Crippen LogP contribution in [0.4, 0.5) is 0 Å². The van der Waals surface area contributed by atoms with Gasteiger partial charge >= 0.3 is 0 Å². The quantitative estimate of drug-likeness (QED) is 0.465. The van der Waals surface area contributed by atoms with Crippen molar-refractivity contribution in [3.05, 3.63) is 108 Å². The third-order valence-corrected chi connectivity index (χ3v) is 5.21. The molecule has 0 heterocycles. The van der Waals surface area contributed by atoms with E-state index in [1.165, 1.54) is 0 Å². The number of benzene rings is 3. The second kappa shape index (κ2) is 12.4. The predicted molar refractivity (Wildman–Crippen MR) is 126 cm³/mol. The number of ether oxygens (including phenoxy) is 1. The molecular weight excluding hydrogens is 400 g/mol. The van der Waals surface area contributed by atoms with Crippen LogP contribution in [-0.4, -0.2) is 37.0 Å². The average Bonchev–Trinajstić information content (AvgIpc) is 2.83. The monoisotopic (exact) mass is 430 g/mol. The molecule has 3 aromatic rings. The largest absolute Gasteiger partial charge is 0.385 e. The van der Waals surface area contributed by atoms with Crippen LogP contribution in [-0.2, 0) is 27.3 Å². The van der Waals surface area contributed by atoms with E-state index in [1.807, 2.05) is 91.0 Å². The van der Waals surface area contributed by atoms with E-state index in [0.717, 1.165) is 16.7 Å². The Morgan fingerprint density at radius 2 is 1.41 bits per heavy atom. The number of hydrogen-bond acceptors (Lipinski definition) is 3. The molecule has 3 rings (SSSR count). The maximum Gasteiger partial charge on any atom is 0.247 e. The van der Waals surface area contributed by atoms with Crippen molar-refractivity contribution in [2.75, 3.05) is 20.3 Å². The molecule has 0 spiro atoms. The van der Waals surface area contributed by atoms with Crippen LogP contribution in [0.25, 0.3) is 0 Å². The minimum absolute atomic E-state index is 0.0963. The molecule has 3 aromatic carbocycles. The fraction of sp³-hybridized carbons (Fsp3) is 0.259. The maximum absolute atomic E-state index is 13.5. The summed E-state index contributed by atoms with van der Waals surface area (Å²) < 4.78 is 5.08. The van der Waals surface area contributed by atoms with Crippen molar-refractivity contribution in [3.63, 3.8) is 0 Å². The van der Waals surface area contributed by atoms with Crippen LogP contribution >= 0.6 is 0 Å². The fourth-order valence-corrected chi connectivity index (χ4v) is 3.61. The Kier molecular flexibility index (Phi) is 9.02. The van der Waals surface area contributed by atoms with Gasteiger partial charge in [-0.3, -0.25) is 9.59 Å². The van der Waals surface area contributed by atoms with Crippen LogP contribution in [0, 0.1) is 0 Å². The van der Waals surface area contributed by atoms with E-state index in [4.69, 9.17) is 4.74 Å². The Morgan fingerprint density at radius 1 is 0.844 bits per heavy atom. The van der Waals surface area contributed by atoms with Crippen molar-refractivity contribution in [2.24, 2.45) is 0 Å². The van der Waals surface area contributed by atoms with Crippen molar-refractivity contribution < 1.29 is 14.3 Å². The summed E-state index contributed by atoms with van der Waals surface area (Å²) in [6.07, 6.45) is 0.939. The molecule has 166 valence electrons. The lowest BCUT2D eigenvalue weighted by atomic mass is 10.0. The molecule has 0 aliphatic rings. The van der Waals surface area contributed by atoms with E-state index >= 15 is 0 Å². The van der Waals surface area contributed by atoms with Crippen LogP contribution in [0.2, 0.25) is 0 Å². The highest BCUT2D eigenvalue weighted by Gasteiger charge is 2.31. The molecule has 2 amide bonds. The summed E-state index contributed by atoms with van der Waals surface area (Å²) in [6.45, 7) is 1.40. The van der Waals surface area contributed by atoms with Gasteiger partial charge in [0, 0.05) is 26.8 Å². The Labute approximate surface area is 190 Å². The highest BCUT2D eigenvalue weighted by Crippen LogP contribution is 2.25. The predicted octanol–water partition coefficient (Wildman–Crippen LogP) is 4.15. The summed E-state index contributed by atoms with van der Waals surface area (Å²) >= 11 is 0. The second-order valence-electron chi connectivity index (χ2n) is 7.62. The Bertz CT molecular complexity index is 962. The molecule has 0 saturated heterocycles. The number of amides is 2. The van der Waals surface area contributed by atoms with Crippen molar-refractivity contribution in [1.29, 1.82) is 0 Å². The number of carbonyl (C=O) groups is 2. The van der Waals surface area contributed by atoms with Gasteiger partial charge in [-0.05, 0) is 23.1 Å². The summed E-state index contributed by atoms with van der Waals surface area (Å²) in [5, 5.41) is 2.99. The molecule has 0 radical (unpaired) electrons. The minimum atomic E-state index is -0.727. The number of carbonyl (C=O) groups excluding carboxylic acids is 2. The van der Waals surface area contributed by atoms with E-state index in [9.17, 15) is 9.59 Å². The van der Waals surface area contributed by atoms with Crippen LogP contribution in [0.5, 0.6) is 0 Å². The van der Waals surface area contributed by atoms with Crippen LogP contribution < -0.4 is 5.32 Å². The first-order chi connectivity index (χ1) is 15.7. The standard InChI is InChI=1S/C27H30N2O3/c1-32-19-11-18-28-27(31)26(24-16-9-4-10-17-24)29(21-23-14-7-3-8-15-23)25(30)20-22-12-5-2-6-13-22/h2-10,12-17,26H,11,18-21H2,1H3,(H,28,31)/t26-/m1/s1. The molecular formula is C27H30N2O3. The lowest BCUT2D eigenvalue weighted by Gasteiger charge is -2.32. The van der Waals surface area contributed by atoms with Gasteiger partial charge < -0.3 is 15.0 Å². The van der Waals surface area contributed by atoms with Crippen molar-refractivity contribution in [3.8, 4) is 0 Å². The fourth-order valence-electron chi connectivity index (χ4n) is 3.61. The van der Waals surface area contributed by atoms with Crippen molar-refractivity contribution >= 4 is 11.8 Å². The second-order valence-corrected chi connectivity index (χ2v) is 7.62. The Balaban J connectivity index is 1.91. The SMILES string of the molecule is COCCCNC(=O)[C@@H](c1ccccc1)N(Cc1ccccc1)C(=O)Cc1ccccc1. The van der Waals surface area contributed by atoms with Crippen molar-refractivity contribution in [2.45, 2.75) is 25.4 Å². The zero-order valence-corrected chi connectivity index (χ0v) is 18.4. The normalized spacial score (nSPS) is 11.5. The van der Waals surface area contributed by atoms with Crippen molar-refractivity contribution in [1.82, 2.24) is 10.2 Å². The summed E-state index contributed by atoms with van der Waals surface area (Å²) in [4.78, 5) is 28.6. The lowest BCUT2D eigenvalue weighted by Crippen LogP contribution is -2.44. The molecule has 5 heteroatoms. The topological polar surface area (TPSA) is 58.6 Å². The van der Waals surface area contributed by atoms with Gasteiger partial charge in [0.15, 0.2) is 0 Å². The zero-order chi connectivity index (χ0) is 22.6. The highest BCUT2D eigenvalue weighted by atomic mass is 16.5. The Morgan fingerprint density at radius 3 is 2.00 bits per heavy atom. The van der Waals surface area contributed by atoms with E-state index in [-0.39, 0.29) is 18.2 Å². The summed E-state index contributed by atoms with van der Waals surface area (Å²) in [5.41, 5.74) is 2.68. The van der Waals surface area contributed by atoms with E-state index in [1.54, 1.807) is 12.0 Å². The summed E-state index contributed by atoms with van der Waals surface area (Å²) in [5.74, 6) is -0.286. The third-order valence-electron chi connectivity index (χ3n) is 5.21. The smallest absolute Gasteiger partial charge is 0.247 e. The minimum Gasteiger partial charge on any atom is -0.385 e. The van der Waals surface area contributed by atoms with Gasteiger partial charge in [-0.1, -0.05) is 91.0 Å². The first-order valence-electron chi connectivity index (χ1n) is 10.9. The number of hydrogen-bond donors (Lipinski definition) is 1. The molecule has 0 aromatic heterocycles. The summed E-state index contributed by atoms with van der Waals surface area (Å²) in [7, 11) is 1.64. The molecule has 0 fully saturated rings. The van der Waals surface area contributed by atoms with Gasteiger partial charge in [0.05, 0.1) is 6.42 Å². The first kappa shape index (κ1) is 23.2. The summed E-state index contributed by atoms with van der Waals surface area (Å²) in [6, 6.07) is 28.2. The molecule has 1 N–H and O–H groups in total. The molecule has 1 atom stereocenters. The number of nitrogens with one attached hydrogen (secondary N) is 1. The van der Waals surface area contributed by atoms with Crippen LogP contribution in [0.15, 0.2) is 91.0 Å². The number of rotatable bonds is 11. The highest BCUT2D eigenvalue weighted by molar-refractivity contribution is 5.89. The van der Waals surface area contributed by atoms with E-state index < -0.39 is 6.04 Å². The zero-order valence-electron chi connectivity index (χ0n) is 18.4. The molecule has 5 nitrogen and oxygen atoms in total. The van der Waals surface area contributed by atoms with Gasteiger partial charge in [-0.25, -0.2) is 0 Å². The maximum atomic E-state index is 13.5. The molecule has 0 saturated carbocycles. The first-order valence-corrected chi connectivity index (χ1v) is 10.9. The van der Waals surface area contributed by atoms with Crippen LogP contribution in [0.1, 0.15) is 29.2 Å². The molecule has 32 heavy (non-hydrogen) atoms. The number of nitrogens with zero attached hydrogens (tertiary/aromatic N) is 1. The van der Waals surface area contributed by atoms with Gasteiger partial charge in [-0.15, -0.1) is 0 Å². The van der Waals surface area contributed by atoms with Gasteiger partial charge in [0.1, 0.15) is 6.04 Å². The van der Waals surface area contributed by atoms with Gasteiger partial charge in [0.25, 0.3) is 0 Å². The molecule has 0 unspecified atom stereocenters. The molecule has 0 aliphatic heterocycles. The number of methoxy groups -OCH3 is 1. The van der Waals surface area contributed by atoms with Crippen LogP contribution in [0.3, 0.4) is 0 Å². The average molecular weight is 431 g/mol. The van der Waals surface area contributed by atoms with E-state index in [0.29, 0.717) is 26.1 Å². The molecule has 0 bridgehead atoms. The van der Waals surface area contributed by atoms with Gasteiger partial charge in [0.2, 0.25) is 11.8 Å². The third kappa shape index (κ3) is 6.79. The Hall–Kier alpha value is -3.44. The van der Waals surface area contributed by atoms with Gasteiger partial charge in [-0.2, -0.15) is 0 Å².